The number of carbonyl (C=O) groups excluding carboxylic acids is 2. The van der Waals surface area contributed by atoms with E-state index >= 15 is 17.6 Å². The van der Waals surface area contributed by atoms with Crippen LogP contribution in [0, 0.1) is 24.1 Å². The molecule has 80 heavy (non-hydrogen) atoms. The van der Waals surface area contributed by atoms with Gasteiger partial charge in [-0.05, 0) is 73.4 Å². The largest absolute Gasteiger partial charge is 0.486 e. The molecule has 10 rings (SSSR count). The molecule has 6 N–H and O–H groups in total. The number of nitrogens with zero attached hydrogens (tertiary/aromatic N) is 9. The number of nitrogens with two attached hydrogens (primary N) is 1. The standard InChI is InChI=1S/C57H61F4N13O6/c1-30(2)51(55(77)72-16-6-7-47(72)54(76)67-46(26-75)36-14-12-34(13-15-36)37-21-64-29-65-22-37)74-25-45(70-71-74)35-10-8-33(9-11-35)28-79-52-49(48-32(4)43(58)19-44(63)41(48)20-62)42(57(59,60)61)18-40-50(52)68-56(80-27-31(3)78-5)69-53(40)73-24-38-17-39(73)23-66-38/h8-15,18-22,25,29-31,38-39,46-47,51,62,66,75H,6-7,16-17,23-24,26-28,63H2,1-5H3,(H,67,76)/t31-,38-,39?,46-,47-,51-/m0/s1. The van der Waals surface area contributed by atoms with E-state index in [0.29, 0.717) is 54.9 Å². The Balaban J connectivity index is 0.935. The molecule has 4 aromatic carbocycles. The molecule has 418 valence electrons. The number of alkyl halides is 3. The molecule has 3 fully saturated rings. The number of fused-ring (bicyclic) bond motifs is 3. The van der Waals surface area contributed by atoms with E-state index < -0.39 is 47.3 Å². The van der Waals surface area contributed by atoms with Crippen molar-refractivity contribution in [2.45, 2.75) is 96.1 Å². The van der Waals surface area contributed by atoms with Crippen LogP contribution in [0.25, 0.3) is 44.4 Å². The number of likely N-dealkylation sites (tertiary alicyclic amines) is 1. The van der Waals surface area contributed by atoms with E-state index in [-0.39, 0.29) is 100 Å². The fourth-order valence-electron chi connectivity index (χ4n) is 10.9. The number of hydrogen-bond donors (Lipinski definition) is 5. The van der Waals surface area contributed by atoms with Crippen LogP contribution >= 0.6 is 0 Å². The molecule has 6 atom stereocenters. The van der Waals surface area contributed by atoms with E-state index in [0.717, 1.165) is 35.9 Å². The summed E-state index contributed by atoms with van der Waals surface area (Å²) in [6.07, 6.45) is 3.61. The lowest BCUT2D eigenvalue weighted by molar-refractivity contribution is -0.142. The topological polar surface area (TPSA) is 245 Å². The molecule has 3 aliphatic heterocycles. The Morgan fingerprint density at radius 1 is 1.00 bits per heavy atom. The summed E-state index contributed by atoms with van der Waals surface area (Å²) in [6.45, 7) is 7.59. The maximum atomic E-state index is 15.8. The van der Waals surface area contributed by atoms with E-state index in [2.05, 4.69) is 30.9 Å². The number of methoxy groups -OCH3 is 1. The Labute approximate surface area is 458 Å². The lowest BCUT2D eigenvalue weighted by atomic mass is 9.88. The molecule has 3 saturated heterocycles. The van der Waals surface area contributed by atoms with Gasteiger partial charge in [-0.3, -0.25) is 9.59 Å². The highest BCUT2D eigenvalue weighted by atomic mass is 19.4. The van der Waals surface area contributed by atoms with Crippen molar-refractivity contribution in [3.8, 4) is 45.3 Å². The Hall–Kier alpha value is -8.15. The highest BCUT2D eigenvalue weighted by Crippen LogP contribution is 2.51. The maximum absolute atomic E-state index is 15.8. The summed E-state index contributed by atoms with van der Waals surface area (Å²) in [5.41, 5.74) is 7.52. The first-order chi connectivity index (χ1) is 38.5. The Morgan fingerprint density at radius 3 is 2.39 bits per heavy atom. The molecule has 6 heterocycles. The van der Waals surface area contributed by atoms with Gasteiger partial charge in [0.15, 0.2) is 5.75 Å². The molecule has 2 amide bonds. The minimum atomic E-state index is -5.04. The number of rotatable bonds is 19. The number of aliphatic hydroxyl groups is 1. The summed E-state index contributed by atoms with van der Waals surface area (Å²) in [5.74, 6) is -2.00. The van der Waals surface area contributed by atoms with E-state index in [4.69, 9.17) is 35.3 Å². The molecule has 0 spiro atoms. The average Bonchev–Trinajstić information content (AvgIpc) is 3.25. The Morgan fingerprint density at radius 2 is 1.74 bits per heavy atom. The quantitative estimate of drug-likeness (QED) is 0.0297. The van der Waals surface area contributed by atoms with Crippen molar-refractivity contribution >= 4 is 40.4 Å². The van der Waals surface area contributed by atoms with Crippen molar-refractivity contribution in [3.05, 3.63) is 119 Å². The van der Waals surface area contributed by atoms with E-state index in [1.807, 2.05) is 43.0 Å². The van der Waals surface area contributed by atoms with Gasteiger partial charge in [-0.25, -0.2) is 19.0 Å². The van der Waals surface area contributed by atoms with E-state index in [9.17, 15) is 14.7 Å². The molecular weight excluding hydrogens is 1040 g/mol. The fourth-order valence-corrected chi connectivity index (χ4v) is 10.9. The van der Waals surface area contributed by atoms with Gasteiger partial charge < -0.3 is 50.9 Å². The van der Waals surface area contributed by atoms with Crippen LogP contribution in [0.15, 0.2) is 85.6 Å². The number of anilines is 2. The van der Waals surface area contributed by atoms with Crippen LogP contribution in [-0.4, -0.2) is 127 Å². The second kappa shape index (κ2) is 22.9. The molecule has 7 aromatic rings. The highest BCUT2D eigenvalue weighted by Gasteiger charge is 2.43. The number of hydrogen-bond acceptors (Lipinski definition) is 16. The zero-order valence-electron chi connectivity index (χ0n) is 44.7. The zero-order chi connectivity index (χ0) is 56.6. The number of aliphatic hydroxyl groups excluding tert-OH is 1. The third-order valence-electron chi connectivity index (χ3n) is 15.2. The monoisotopic (exact) mass is 1100 g/mol. The minimum Gasteiger partial charge on any atom is -0.486 e. The summed E-state index contributed by atoms with van der Waals surface area (Å²) < 4.78 is 82.6. The van der Waals surface area contributed by atoms with Crippen molar-refractivity contribution < 1.29 is 46.5 Å². The summed E-state index contributed by atoms with van der Waals surface area (Å²) in [4.78, 5) is 49.5. The second-order valence-corrected chi connectivity index (χ2v) is 20.8. The van der Waals surface area contributed by atoms with Crippen LogP contribution in [0.5, 0.6) is 11.8 Å². The Bertz CT molecular complexity index is 3420. The second-order valence-electron chi connectivity index (χ2n) is 20.8. The molecule has 3 aliphatic rings. The molecule has 23 heteroatoms. The van der Waals surface area contributed by atoms with Gasteiger partial charge in [0.2, 0.25) is 11.8 Å². The van der Waals surface area contributed by atoms with Gasteiger partial charge in [0, 0.05) is 96.3 Å². The summed E-state index contributed by atoms with van der Waals surface area (Å²) in [7, 11) is 1.51. The Kier molecular flexibility index (Phi) is 15.8. The molecule has 0 saturated carbocycles. The first kappa shape index (κ1) is 55.2. The molecule has 1 unspecified atom stereocenters. The fraction of sp³-hybridized carbons (Fsp3) is 0.386. The lowest BCUT2D eigenvalue weighted by Crippen LogP contribution is -2.50. The van der Waals surface area contributed by atoms with Crippen LogP contribution in [0.3, 0.4) is 0 Å². The number of piperazine rings is 1. The summed E-state index contributed by atoms with van der Waals surface area (Å²) in [6, 6.07) is 13.7. The summed E-state index contributed by atoms with van der Waals surface area (Å²) >= 11 is 0. The van der Waals surface area contributed by atoms with Gasteiger partial charge in [0.05, 0.1) is 30.5 Å². The number of carbonyl (C=O) groups is 2. The predicted octanol–water partition coefficient (Wildman–Crippen LogP) is 7.64. The molecule has 3 aromatic heterocycles. The SMILES string of the molecule is CO[C@@H](C)COc1nc(N2C[C@@H]3CC2CN3)c2cc(C(F)(F)F)c(-c3c(C)c(F)cc(N)c3C=N)c(OCc3ccc(-c4cn([C@H](C(=O)N5CCC[C@H]5C(=O)N[C@@H](CO)c5ccc(-c6cncnc6)cc5)C(C)C)nn4)cc3)c2n1. The van der Waals surface area contributed by atoms with Crippen molar-refractivity contribution in [2.24, 2.45) is 5.92 Å². The van der Waals surface area contributed by atoms with Gasteiger partial charge in [-0.1, -0.05) is 67.6 Å². The van der Waals surface area contributed by atoms with E-state index in [1.54, 1.807) is 54.7 Å². The normalized spacial score (nSPS) is 18.2. The van der Waals surface area contributed by atoms with Gasteiger partial charge in [-0.2, -0.15) is 23.1 Å². The van der Waals surface area contributed by atoms with Crippen LogP contribution in [-0.2, 0) is 27.1 Å². The number of amides is 2. The third kappa shape index (κ3) is 11.0. The number of benzene rings is 4. The molecule has 0 radical (unpaired) electrons. The number of nitrogens with one attached hydrogen (secondary N) is 3. The van der Waals surface area contributed by atoms with Crippen molar-refractivity contribution in [1.82, 2.24) is 50.5 Å². The minimum absolute atomic E-state index is 0.0132. The van der Waals surface area contributed by atoms with Gasteiger partial charge in [-0.15, -0.1) is 5.10 Å². The zero-order valence-corrected chi connectivity index (χ0v) is 44.7. The van der Waals surface area contributed by atoms with Crippen LogP contribution in [0.4, 0.5) is 29.1 Å². The number of aromatic nitrogens is 7. The lowest BCUT2D eigenvalue weighted by Gasteiger charge is -2.30. The maximum Gasteiger partial charge on any atom is 0.417 e. The molecular formula is C57H61F4N13O6. The number of nitrogen functional groups attached to an aromatic ring is 1. The smallest absolute Gasteiger partial charge is 0.417 e. The average molecular weight is 1100 g/mol. The van der Waals surface area contributed by atoms with Gasteiger partial charge in [0.25, 0.3) is 0 Å². The highest BCUT2D eigenvalue weighted by molar-refractivity contribution is 6.05. The number of halogens is 4. The number of ether oxygens (including phenoxy) is 3. The molecule has 2 bridgehead atoms. The predicted molar refractivity (Wildman–Crippen MR) is 290 cm³/mol. The first-order valence-corrected chi connectivity index (χ1v) is 26.4. The van der Waals surface area contributed by atoms with Crippen molar-refractivity contribution in [1.29, 1.82) is 5.41 Å². The summed E-state index contributed by atoms with van der Waals surface area (Å²) in [5, 5.41) is 33.9. The van der Waals surface area contributed by atoms with Crippen molar-refractivity contribution in [3.63, 3.8) is 0 Å². The third-order valence-corrected chi connectivity index (χ3v) is 15.2. The van der Waals surface area contributed by atoms with Gasteiger partial charge >= 0.3 is 12.2 Å². The molecule has 0 aliphatic carbocycles. The van der Waals surface area contributed by atoms with Gasteiger partial charge in [0.1, 0.15) is 54.5 Å². The first-order valence-electron chi connectivity index (χ1n) is 26.4. The van der Waals surface area contributed by atoms with Crippen LogP contribution < -0.4 is 30.7 Å². The van der Waals surface area contributed by atoms with Crippen molar-refractivity contribution in [2.75, 3.05) is 50.6 Å². The van der Waals surface area contributed by atoms with E-state index in [1.165, 1.54) is 25.0 Å². The van der Waals surface area contributed by atoms with Crippen LogP contribution in [0.1, 0.15) is 79.9 Å². The van der Waals surface area contributed by atoms with Crippen LogP contribution in [0.2, 0.25) is 0 Å². The molecule has 19 nitrogen and oxygen atoms in total.